The van der Waals surface area contributed by atoms with Gasteiger partial charge in [-0.2, -0.15) is 8.78 Å². The van der Waals surface area contributed by atoms with Crippen LogP contribution in [0.2, 0.25) is 0 Å². The molecular weight excluding hydrogens is 188 g/mol. The molecule has 12 heavy (non-hydrogen) atoms. The van der Waals surface area contributed by atoms with Gasteiger partial charge in [-0.15, -0.1) is 0 Å². The number of halogens is 3. The maximum absolute atomic E-state index is 12.8. The summed E-state index contributed by atoms with van der Waals surface area (Å²) in [5.41, 5.74) is 3.82. The van der Waals surface area contributed by atoms with E-state index in [1.807, 2.05) is 6.08 Å². The van der Waals surface area contributed by atoms with E-state index in [-0.39, 0.29) is 5.70 Å². The third-order valence-corrected chi connectivity index (χ3v) is 1.43. The van der Waals surface area contributed by atoms with Gasteiger partial charge in [-0.25, -0.2) is 0 Å². The van der Waals surface area contributed by atoms with Gasteiger partial charge in [-0.3, -0.25) is 4.79 Å². The van der Waals surface area contributed by atoms with Crippen molar-refractivity contribution in [3.05, 3.63) is 35.1 Å². The Morgan fingerprint density at radius 1 is 1.58 bits per heavy atom. The van der Waals surface area contributed by atoms with Crippen molar-refractivity contribution in [1.29, 1.82) is 0 Å². The molecule has 0 aromatic carbocycles. The van der Waals surface area contributed by atoms with Crippen molar-refractivity contribution in [2.75, 3.05) is 0 Å². The summed E-state index contributed by atoms with van der Waals surface area (Å²) in [6, 6.07) is 0. The zero-order valence-corrected chi connectivity index (χ0v) is 6.45. The standard InChI is InChI=1S/C7H3ClF2NO/c8-7(12)5-3(9)1-2-4(11)6(5)10/h2H,11H2/q+1. The molecule has 1 rings (SSSR count). The summed E-state index contributed by atoms with van der Waals surface area (Å²) in [4.78, 5) is 10.4. The van der Waals surface area contributed by atoms with Gasteiger partial charge in [0.1, 0.15) is 6.08 Å². The van der Waals surface area contributed by atoms with E-state index < -0.39 is 22.5 Å². The maximum Gasteiger partial charge on any atom is 0.315 e. The number of rotatable bonds is 1. The molecule has 0 aromatic heterocycles. The lowest BCUT2D eigenvalue weighted by Crippen LogP contribution is -2.08. The second-order valence-corrected chi connectivity index (χ2v) is 2.36. The highest BCUT2D eigenvalue weighted by atomic mass is 35.5. The molecule has 5 heteroatoms. The first-order valence-corrected chi connectivity index (χ1v) is 3.27. The van der Waals surface area contributed by atoms with E-state index in [9.17, 15) is 13.6 Å². The molecule has 0 spiro atoms. The van der Waals surface area contributed by atoms with Gasteiger partial charge in [-0.1, -0.05) is 0 Å². The molecule has 1 aliphatic carbocycles. The molecule has 0 amide bonds. The SMILES string of the molecule is NC1=C(F)C(C(=O)Cl)=C(F)[C+]=C1. The number of carbonyl (C=O) groups excluding carboxylic acids is 1. The van der Waals surface area contributed by atoms with Crippen LogP contribution in [0.3, 0.4) is 0 Å². The van der Waals surface area contributed by atoms with Gasteiger partial charge in [0, 0.05) is 0 Å². The number of carbonyl (C=O) groups is 1. The van der Waals surface area contributed by atoms with Gasteiger partial charge < -0.3 is 5.73 Å². The molecule has 0 saturated heterocycles. The van der Waals surface area contributed by atoms with Gasteiger partial charge in [0.25, 0.3) is 5.83 Å². The normalized spacial score (nSPS) is 16.6. The number of nitrogens with two attached hydrogens (primary N) is 1. The average molecular weight is 191 g/mol. The highest BCUT2D eigenvalue weighted by molar-refractivity contribution is 6.68. The Kier molecular flexibility index (Phi) is 2.22. The fourth-order valence-corrected chi connectivity index (χ4v) is 0.856. The van der Waals surface area contributed by atoms with Crippen molar-refractivity contribution in [3.63, 3.8) is 0 Å². The van der Waals surface area contributed by atoms with Crippen LogP contribution < -0.4 is 5.73 Å². The van der Waals surface area contributed by atoms with E-state index >= 15 is 0 Å². The van der Waals surface area contributed by atoms with E-state index in [1.165, 1.54) is 0 Å². The summed E-state index contributed by atoms with van der Waals surface area (Å²) in [6.07, 6.45) is 2.85. The number of hydrogen-bond acceptors (Lipinski definition) is 2. The zero-order valence-electron chi connectivity index (χ0n) is 5.70. The van der Waals surface area contributed by atoms with Crippen LogP contribution in [0.4, 0.5) is 8.78 Å². The van der Waals surface area contributed by atoms with E-state index in [1.54, 1.807) is 0 Å². The minimum Gasteiger partial charge on any atom is -0.344 e. The summed E-state index contributed by atoms with van der Waals surface area (Å²) >= 11 is 4.89. The molecule has 0 aliphatic heterocycles. The van der Waals surface area contributed by atoms with Crippen molar-refractivity contribution >= 4 is 16.8 Å². The molecule has 2 nitrogen and oxygen atoms in total. The van der Waals surface area contributed by atoms with Gasteiger partial charge in [-0.05, 0) is 11.6 Å². The Balaban J connectivity index is 3.28. The summed E-state index contributed by atoms with van der Waals surface area (Å²) < 4.78 is 25.4. The first-order chi connectivity index (χ1) is 5.54. The maximum atomic E-state index is 12.8. The molecule has 0 radical (unpaired) electrons. The minimum absolute atomic E-state index is 0.361. The zero-order chi connectivity index (χ0) is 9.30. The van der Waals surface area contributed by atoms with E-state index in [2.05, 4.69) is 0 Å². The Morgan fingerprint density at radius 3 is 2.58 bits per heavy atom. The molecule has 0 fully saturated rings. The van der Waals surface area contributed by atoms with E-state index in [0.29, 0.717) is 0 Å². The summed E-state index contributed by atoms with van der Waals surface area (Å²) in [6.45, 7) is 0. The van der Waals surface area contributed by atoms with Gasteiger partial charge >= 0.3 is 11.1 Å². The summed E-state index contributed by atoms with van der Waals surface area (Å²) in [5, 5.41) is -1.23. The van der Waals surface area contributed by atoms with Gasteiger partial charge in [0.05, 0.1) is 6.08 Å². The first kappa shape index (κ1) is 8.84. The van der Waals surface area contributed by atoms with E-state index in [4.69, 9.17) is 17.3 Å². The Bertz CT molecular complexity index is 325. The fourth-order valence-electron chi connectivity index (χ4n) is 0.690. The largest absolute Gasteiger partial charge is 0.344 e. The van der Waals surface area contributed by atoms with Gasteiger partial charge in [0.15, 0.2) is 5.70 Å². The second kappa shape index (κ2) is 3.01. The van der Waals surface area contributed by atoms with Crippen LogP contribution in [0.5, 0.6) is 0 Å². The minimum atomic E-state index is -1.23. The predicted molar refractivity (Wildman–Crippen MR) is 39.1 cm³/mol. The monoisotopic (exact) mass is 190 g/mol. The smallest absolute Gasteiger partial charge is 0.315 e. The molecule has 2 N–H and O–H groups in total. The molecule has 0 unspecified atom stereocenters. The van der Waals surface area contributed by atoms with Gasteiger partial charge in [0.2, 0.25) is 5.57 Å². The van der Waals surface area contributed by atoms with Crippen LogP contribution in [0, 0.1) is 6.08 Å². The summed E-state index contributed by atoms with van der Waals surface area (Å²) in [5.74, 6) is -2.28. The topological polar surface area (TPSA) is 43.1 Å². The lowest BCUT2D eigenvalue weighted by atomic mass is 10.1. The number of hydrogen-bond donors (Lipinski definition) is 1. The van der Waals surface area contributed by atoms with Crippen molar-refractivity contribution in [2.45, 2.75) is 0 Å². The molecule has 0 saturated carbocycles. The van der Waals surface area contributed by atoms with Crippen LogP contribution in [0.25, 0.3) is 0 Å². The highest BCUT2D eigenvalue weighted by Crippen LogP contribution is 2.26. The Hall–Kier alpha value is -1.25. The lowest BCUT2D eigenvalue weighted by Gasteiger charge is -1.95. The quantitative estimate of drug-likeness (QED) is 0.503. The highest BCUT2D eigenvalue weighted by Gasteiger charge is 2.32. The average Bonchev–Trinajstić information content (AvgIpc) is 1.97. The number of allylic oxidation sites excluding steroid dienone is 5. The molecule has 62 valence electrons. The molecule has 1 aliphatic rings. The second-order valence-electron chi connectivity index (χ2n) is 2.02. The fraction of sp³-hybridized carbons (Fsp3) is 0. The third kappa shape index (κ3) is 1.35. The molecular formula is C7H3ClF2NO+. The third-order valence-electron chi connectivity index (χ3n) is 1.24. The molecule has 0 bridgehead atoms. The van der Waals surface area contributed by atoms with E-state index in [0.717, 1.165) is 6.08 Å². The molecule has 0 heterocycles. The first-order valence-electron chi connectivity index (χ1n) is 2.89. The van der Waals surface area contributed by atoms with Crippen molar-refractivity contribution < 1.29 is 13.6 Å². The van der Waals surface area contributed by atoms with Crippen LogP contribution in [0.15, 0.2) is 29.0 Å². The van der Waals surface area contributed by atoms with Crippen LogP contribution in [0.1, 0.15) is 0 Å². The summed E-state index contributed by atoms with van der Waals surface area (Å²) in [7, 11) is 0. The molecule has 0 atom stereocenters. The van der Waals surface area contributed by atoms with Crippen LogP contribution in [-0.4, -0.2) is 5.24 Å². The van der Waals surface area contributed by atoms with Crippen molar-refractivity contribution in [1.82, 2.24) is 0 Å². The van der Waals surface area contributed by atoms with Crippen LogP contribution in [-0.2, 0) is 4.79 Å². The van der Waals surface area contributed by atoms with Crippen molar-refractivity contribution in [2.24, 2.45) is 5.73 Å². The molecule has 0 aromatic rings. The lowest BCUT2D eigenvalue weighted by molar-refractivity contribution is -0.108. The Morgan fingerprint density at radius 2 is 2.17 bits per heavy atom. The van der Waals surface area contributed by atoms with Crippen LogP contribution >= 0.6 is 11.6 Å². The van der Waals surface area contributed by atoms with Crippen molar-refractivity contribution in [3.8, 4) is 0 Å². The predicted octanol–water partition coefficient (Wildman–Crippen LogP) is 1.49. The Labute approximate surface area is 72.0 Å².